The number of methoxy groups -OCH3 is 1. The first kappa shape index (κ1) is 17.9. The van der Waals surface area contributed by atoms with E-state index < -0.39 is 0 Å². The molecule has 1 heterocycles. The molecular formula is C20H23N3O3. The quantitative estimate of drug-likeness (QED) is 0.807. The molecule has 2 aromatic rings. The van der Waals surface area contributed by atoms with E-state index in [0.29, 0.717) is 12.2 Å². The number of anilines is 1. The van der Waals surface area contributed by atoms with Gasteiger partial charge in [-0.1, -0.05) is 30.3 Å². The van der Waals surface area contributed by atoms with Gasteiger partial charge in [0.15, 0.2) is 0 Å². The van der Waals surface area contributed by atoms with Gasteiger partial charge in [-0.2, -0.15) is 0 Å². The van der Waals surface area contributed by atoms with Crippen LogP contribution in [0.15, 0.2) is 48.5 Å². The Labute approximate surface area is 153 Å². The van der Waals surface area contributed by atoms with E-state index in [9.17, 15) is 9.59 Å². The van der Waals surface area contributed by atoms with E-state index >= 15 is 0 Å². The average molecular weight is 353 g/mol. The fourth-order valence-corrected chi connectivity index (χ4v) is 3.11. The van der Waals surface area contributed by atoms with Crippen molar-refractivity contribution >= 4 is 17.5 Å². The van der Waals surface area contributed by atoms with Gasteiger partial charge in [0, 0.05) is 24.9 Å². The van der Waals surface area contributed by atoms with Gasteiger partial charge in [-0.25, -0.2) is 0 Å². The zero-order valence-corrected chi connectivity index (χ0v) is 14.8. The minimum Gasteiger partial charge on any atom is -0.380 e. The van der Waals surface area contributed by atoms with Crippen LogP contribution in [-0.2, 0) is 22.6 Å². The lowest BCUT2D eigenvalue weighted by Crippen LogP contribution is -2.47. The molecule has 6 nitrogen and oxygen atoms in total. The summed E-state index contributed by atoms with van der Waals surface area (Å²) in [5.74, 6) is -0.590. The van der Waals surface area contributed by atoms with Crippen molar-refractivity contribution in [3.63, 3.8) is 0 Å². The summed E-state index contributed by atoms with van der Waals surface area (Å²) in [6.07, 6.45) is 2.05. The average Bonchev–Trinajstić information content (AvgIpc) is 2.67. The van der Waals surface area contributed by atoms with Crippen LogP contribution in [0.1, 0.15) is 27.9 Å². The zero-order chi connectivity index (χ0) is 18.4. The van der Waals surface area contributed by atoms with Crippen LogP contribution in [-0.4, -0.2) is 32.0 Å². The first-order valence-corrected chi connectivity index (χ1v) is 8.67. The summed E-state index contributed by atoms with van der Waals surface area (Å²) in [6.45, 7) is 1.54. The van der Waals surface area contributed by atoms with Crippen LogP contribution in [0, 0.1) is 0 Å². The second-order valence-electron chi connectivity index (χ2n) is 6.29. The molecule has 0 bridgehead atoms. The van der Waals surface area contributed by atoms with Crippen LogP contribution in [0.3, 0.4) is 0 Å². The Morgan fingerprint density at radius 3 is 2.62 bits per heavy atom. The van der Waals surface area contributed by atoms with Gasteiger partial charge in [0.2, 0.25) is 0 Å². The molecule has 0 aliphatic carbocycles. The number of ether oxygens (including phenoxy) is 1. The van der Waals surface area contributed by atoms with Crippen molar-refractivity contribution in [3.8, 4) is 0 Å². The SMILES string of the molecule is COCc1ccc(C(=O)NNC(=O)CN2CCCc3ccccc32)cc1. The minimum absolute atomic E-state index is 0.212. The number of carbonyl (C=O) groups is 2. The summed E-state index contributed by atoms with van der Waals surface area (Å²) in [4.78, 5) is 26.4. The Morgan fingerprint density at radius 1 is 1.08 bits per heavy atom. The predicted molar refractivity (Wildman–Crippen MR) is 99.7 cm³/mol. The van der Waals surface area contributed by atoms with Gasteiger partial charge in [0.1, 0.15) is 0 Å². The Balaban J connectivity index is 1.52. The fourth-order valence-electron chi connectivity index (χ4n) is 3.11. The topological polar surface area (TPSA) is 70.7 Å². The third kappa shape index (κ3) is 4.40. The minimum atomic E-state index is -0.346. The molecule has 0 atom stereocenters. The van der Waals surface area contributed by atoms with Crippen LogP contribution >= 0.6 is 0 Å². The maximum Gasteiger partial charge on any atom is 0.269 e. The maximum absolute atomic E-state index is 12.2. The van der Waals surface area contributed by atoms with Crippen molar-refractivity contribution in [2.24, 2.45) is 0 Å². The number of hydrazine groups is 1. The second kappa shape index (κ2) is 8.49. The molecule has 0 aromatic heterocycles. The molecule has 26 heavy (non-hydrogen) atoms. The number of fused-ring (bicyclic) bond motifs is 1. The largest absolute Gasteiger partial charge is 0.380 e. The molecule has 136 valence electrons. The Bertz CT molecular complexity index is 774. The molecule has 2 amide bonds. The van der Waals surface area contributed by atoms with Crippen LogP contribution in [0.5, 0.6) is 0 Å². The number of para-hydroxylation sites is 1. The van der Waals surface area contributed by atoms with Crippen molar-refractivity contribution in [2.75, 3.05) is 25.1 Å². The number of aryl methyl sites for hydroxylation is 1. The van der Waals surface area contributed by atoms with Crippen LogP contribution in [0.2, 0.25) is 0 Å². The molecular weight excluding hydrogens is 330 g/mol. The van der Waals surface area contributed by atoms with Crippen molar-refractivity contribution in [3.05, 3.63) is 65.2 Å². The molecule has 2 aromatic carbocycles. The number of nitrogens with zero attached hydrogens (tertiary/aromatic N) is 1. The third-order valence-corrected chi connectivity index (χ3v) is 4.38. The smallest absolute Gasteiger partial charge is 0.269 e. The van der Waals surface area contributed by atoms with E-state index in [1.165, 1.54) is 5.56 Å². The Hall–Kier alpha value is -2.86. The van der Waals surface area contributed by atoms with Crippen molar-refractivity contribution in [1.82, 2.24) is 10.9 Å². The number of rotatable bonds is 5. The molecule has 6 heteroatoms. The molecule has 0 unspecified atom stereocenters. The van der Waals surface area contributed by atoms with Gasteiger partial charge in [-0.05, 0) is 42.2 Å². The Kier molecular flexibility index (Phi) is 5.86. The number of hydrogen-bond donors (Lipinski definition) is 2. The van der Waals surface area contributed by atoms with Gasteiger partial charge in [0.05, 0.1) is 13.2 Å². The van der Waals surface area contributed by atoms with E-state index in [2.05, 4.69) is 16.9 Å². The highest BCUT2D eigenvalue weighted by molar-refractivity contribution is 5.95. The zero-order valence-electron chi connectivity index (χ0n) is 14.8. The lowest BCUT2D eigenvalue weighted by atomic mass is 10.0. The van der Waals surface area contributed by atoms with Crippen molar-refractivity contribution in [2.45, 2.75) is 19.4 Å². The number of carbonyl (C=O) groups excluding carboxylic acids is 2. The molecule has 0 saturated carbocycles. The lowest BCUT2D eigenvalue weighted by molar-refractivity contribution is -0.120. The highest BCUT2D eigenvalue weighted by Crippen LogP contribution is 2.26. The Morgan fingerprint density at radius 2 is 1.85 bits per heavy atom. The number of nitrogens with one attached hydrogen (secondary N) is 2. The first-order valence-electron chi connectivity index (χ1n) is 8.67. The van der Waals surface area contributed by atoms with Crippen molar-refractivity contribution < 1.29 is 14.3 Å². The predicted octanol–water partition coefficient (Wildman–Crippen LogP) is 2.05. The second-order valence-corrected chi connectivity index (χ2v) is 6.29. The molecule has 3 rings (SSSR count). The summed E-state index contributed by atoms with van der Waals surface area (Å²) < 4.78 is 5.04. The molecule has 0 saturated heterocycles. The first-order chi connectivity index (χ1) is 12.7. The molecule has 1 aliphatic rings. The van der Waals surface area contributed by atoms with Crippen molar-refractivity contribution in [1.29, 1.82) is 0 Å². The molecule has 0 radical (unpaired) electrons. The summed E-state index contributed by atoms with van der Waals surface area (Å²) in [5, 5.41) is 0. The summed E-state index contributed by atoms with van der Waals surface area (Å²) >= 11 is 0. The van der Waals surface area contributed by atoms with Crippen LogP contribution < -0.4 is 15.8 Å². The fraction of sp³-hybridized carbons (Fsp3) is 0.300. The monoisotopic (exact) mass is 353 g/mol. The highest BCUT2D eigenvalue weighted by atomic mass is 16.5. The molecule has 0 spiro atoms. The van der Waals surface area contributed by atoms with Gasteiger partial charge < -0.3 is 9.64 Å². The maximum atomic E-state index is 12.2. The molecule has 2 N–H and O–H groups in total. The van der Waals surface area contributed by atoms with Gasteiger partial charge in [-0.3, -0.25) is 20.4 Å². The lowest BCUT2D eigenvalue weighted by Gasteiger charge is -2.30. The van der Waals surface area contributed by atoms with E-state index in [4.69, 9.17) is 4.74 Å². The number of benzene rings is 2. The summed E-state index contributed by atoms with van der Waals surface area (Å²) in [5.41, 5.74) is 8.77. The highest BCUT2D eigenvalue weighted by Gasteiger charge is 2.18. The number of amides is 2. The van der Waals surface area contributed by atoms with Crippen LogP contribution in [0.4, 0.5) is 5.69 Å². The van der Waals surface area contributed by atoms with E-state index in [1.54, 1.807) is 19.2 Å². The van der Waals surface area contributed by atoms with Crippen LogP contribution in [0.25, 0.3) is 0 Å². The summed E-state index contributed by atoms with van der Waals surface area (Å²) in [7, 11) is 1.62. The summed E-state index contributed by atoms with van der Waals surface area (Å²) in [6, 6.07) is 15.2. The van der Waals surface area contributed by atoms with Gasteiger partial charge in [0.25, 0.3) is 11.8 Å². The molecule has 0 fully saturated rings. The van der Waals surface area contributed by atoms with E-state index in [1.807, 2.05) is 35.2 Å². The van der Waals surface area contributed by atoms with Gasteiger partial charge in [-0.15, -0.1) is 0 Å². The van der Waals surface area contributed by atoms with Gasteiger partial charge >= 0.3 is 0 Å². The third-order valence-electron chi connectivity index (χ3n) is 4.38. The number of hydrogen-bond acceptors (Lipinski definition) is 4. The van der Waals surface area contributed by atoms with E-state index in [-0.39, 0.29) is 18.4 Å². The standard InChI is InChI=1S/C20H23N3O3/c1-26-14-15-8-10-17(11-9-15)20(25)22-21-19(24)13-23-12-4-6-16-5-2-3-7-18(16)23/h2-3,5,7-11H,4,6,12-14H2,1H3,(H,21,24)(H,22,25). The molecule has 1 aliphatic heterocycles. The van der Waals surface area contributed by atoms with E-state index in [0.717, 1.165) is 30.6 Å². The normalized spacial score (nSPS) is 13.0.